The highest BCUT2D eigenvalue weighted by Crippen LogP contribution is 2.29. The summed E-state index contributed by atoms with van der Waals surface area (Å²) in [5.41, 5.74) is 0.609. The van der Waals surface area contributed by atoms with Crippen LogP contribution in [0.25, 0.3) is 21.5 Å². The highest BCUT2D eigenvalue weighted by Gasteiger charge is 2.24. The third-order valence-corrected chi connectivity index (χ3v) is 4.49. The molecule has 3 aromatic rings. The Morgan fingerprint density at radius 3 is 2.23 bits per heavy atom. The molecule has 0 radical (unpaired) electrons. The van der Waals surface area contributed by atoms with E-state index >= 15 is 0 Å². The molecule has 0 aromatic heterocycles. The fourth-order valence-corrected chi connectivity index (χ4v) is 3.22. The third kappa shape index (κ3) is 3.40. The molecule has 1 amide bonds. The number of nitrogens with zero attached hydrogens (tertiary/aromatic N) is 1. The normalized spacial score (nSPS) is 11.1. The smallest absolute Gasteiger partial charge is 0.325 e. The van der Waals surface area contributed by atoms with Crippen molar-refractivity contribution in [1.29, 1.82) is 0 Å². The SMILES string of the molecule is CCOC(=O)CN(C(=O)c1cc2ccccc2c2ccccc12)C(C)C. The standard InChI is InChI=1S/C22H23NO3/c1-4-26-21(24)14-23(15(2)3)22(25)20-13-16-9-5-6-10-17(16)18-11-7-8-12-19(18)20/h5-13,15H,4,14H2,1-3H3. The average molecular weight is 349 g/mol. The van der Waals surface area contributed by atoms with Gasteiger partial charge in [0.05, 0.1) is 6.61 Å². The fraction of sp³-hybridized carbons (Fsp3) is 0.273. The zero-order valence-corrected chi connectivity index (χ0v) is 15.4. The highest BCUT2D eigenvalue weighted by molar-refractivity contribution is 6.17. The summed E-state index contributed by atoms with van der Waals surface area (Å²) in [4.78, 5) is 26.8. The van der Waals surface area contributed by atoms with E-state index in [1.54, 1.807) is 11.8 Å². The van der Waals surface area contributed by atoms with E-state index in [0.717, 1.165) is 21.5 Å². The number of ether oxygens (including phenoxy) is 1. The van der Waals surface area contributed by atoms with Crippen LogP contribution in [0.3, 0.4) is 0 Å². The van der Waals surface area contributed by atoms with Crippen LogP contribution in [0, 0.1) is 0 Å². The van der Waals surface area contributed by atoms with E-state index in [-0.39, 0.29) is 24.5 Å². The lowest BCUT2D eigenvalue weighted by atomic mass is 9.96. The molecule has 3 aromatic carbocycles. The summed E-state index contributed by atoms with van der Waals surface area (Å²) >= 11 is 0. The lowest BCUT2D eigenvalue weighted by Crippen LogP contribution is -2.41. The van der Waals surface area contributed by atoms with Gasteiger partial charge in [0, 0.05) is 11.6 Å². The zero-order chi connectivity index (χ0) is 18.7. The second-order valence-corrected chi connectivity index (χ2v) is 6.52. The maximum Gasteiger partial charge on any atom is 0.325 e. The minimum absolute atomic E-state index is 0.0501. The number of amides is 1. The van der Waals surface area contributed by atoms with Crippen LogP contribution in [0.1, 0.15) is 31.1 Å². The molecule has 4 heteroatoms. The molecule has 134 valence electrons. The van der Waals surface area contributed by atoms with Crippen molar-refractivity contribution in [1.82, 2.24) is 4.90 Å². The predicted octanol–water partition coefficient (Wildman–Crippen LogP) is 4.41. The first kappa shape index (κ1) is 17.9. The molecule has 0 atom stereocenters. The van der Waals surface area contributed by atoms with Gasteiger partial charge >= 0.3 is 5.97 Å². The third-order valence-electron chi connectivity index (χ3n) is 4.49. The molecule has 0 fully saturated rings. The van der Waals surface area contributed by atoms with Gasteiger partial charge in [-0.2, -0.15) is 0 Å². The molecule has 4 nitrogen and oxygen atoms in total. The van der Waals surface area contributed by atoms with Gasteiger partial charge in [0.25, 0.3) is 5.91 Å². The van der Waals surface area contributed by atoms with Crippen LogP contribution < -0.4 is 0 Å². The lowest BCUT2D eigenvalue weighted by molar-refractivity contribution is -0.144. The Labute approximate surface area is 153 Å². The molecular formula is C22H23NO3. The molecule has 0 N–H and O–H groups in total. The van der Waals surface area contributed by atoms with Crippen LogP contribution in [-0.4, -0.2) is 36.0 Å². The van der Waals surface area contributed by atoms with Gasteiger partial charge in [-0.05, 0) is 48.4 Å². The molecule has 0 saturated heterocycles. The summed E-state index contributed by atoms with van der Waals surface area (Å²) in [6, 6.07) is 17.7. The van der Waals surface area contributed by atoms with Crippen LogP contribution in [0.2, 0.25) is 0 Å². The van der Waals surface area contributed by atoms with Gasteiger partial charge in [0.15, 0.2) is 0 Å². The number of fused-ring (bicyclic) bond motifs is 3. The molecule has 0 spiro atoms. The summed E-state index contributed by atoms with van der Waals surface area (Å²) in [5.74, 6) is -0.547. The number of carbonyl (C=O) groups excluding carboxylic acids is 2. The summed E-state index contributed by atoms with van der Waals surface area (Å²) in [6.07, 6.45) is 0. The maximum atomic E-state index is 13.3. The first-order valence-corrected chi connectivity index (χ1v) is 8.90. The number of hydrogen-bond acceptors (Lipinski definition) is 3. The second kappa shape index (κ2) is 7.56. The van der Waals surface area contributed by atoms with Crippen molar-refractivity contribution in [2.24, 2.45) is 0 Å². The Morgan fingerprint density at radius 1 is 0.962 bits per heavy atom. The minimum Gasteiger partial charge on any atom is -0.465 e. The van der Waals surface area contributed by atoms with Gasteiger partial charge in [0.1, 0.15) is 6.54 Å². The maximum absolute atomic E-state index is 13.3. The van der Waals surface area contributed by atoms with E-state index in [2.05, 4.69) is 6.07 Å². The summed E-state index contributed by atoms with van der Waals surface area (Å²) < 4.78 is 5.03. The van der Waals surface area contributed by atoms with Gasteiger partial charge in [0.2, 0.25) is 0 Å². The highest BCUT2D eigenvalue weighted by atomic mass is 16.5. The second-order valence-electron chi connectivity index (χ2n) is 6.52. The van der Waals surface area contributed by atoms with Crippen molar-refractivity contribution < 1.29 is 14.3 Å². The lowest BCUT2D eigenvalue weighted by Gasteiger charge is -2.26. The van der Waals surface area contributed by atoms with Crippen molar-refractivity contribution in [3.63, 3.8) is 0 Å². The number of rotatable bonds is 5. The molecule has 3 rings (SSSR count). The number of benzene rings is 3. The van der Waals surface area contributed by atoms with Gasteiger partial charge in [-0.15, -0.1) is 0 Å². The van der Waals surface area contributed by atoms with Crippen LogP contribution in [0.15, 0.2) is 54.6 Å². The molecule has 0 aliphatic rings. The van der Waals surface area contributed by atoms with Crippen LogP contribution in [0.5, 0.6) is 0 Å². The number of carbonyl (C=O) groups is 2. The van der Waals surface area contributed by atoms with Crippen molar-refractivity contribution in [2.45, 2.75) is 26.8 Å². The van der Waals surface area contributed by atoms with E-state index < -0.39 is 0 Å². The number of hydrogen-bond donors (Lipinski definition) is 0. The molecular weight excluding hydrogens is 326 g/mol. The quantitative estimate of drug-likeness (QED) is 0.506. The van der Waals surface area contributed by atoms with Gasteiger partial charge in [-0.25, -0.2) is 0 Å². The van der Waals surface area contributed by atoms with E-state index in [0.29, 0.717) is 12.2 Å². The molecule has 0 unspecified atom stereocenters. The first-order chi connectivity index (χ1) is 12.5. The van der Waals surface area contributed by atoms with Crippen LogP contribution in [0.4, 0.5) is 0 Å². The summed E-state index contributed by atoms with van der Waals surface area (Å²) in [5, 5.41) is 4.05. The molecule has 0 saturated carbocycles. The zero-order valence-electron chi connectivity index (χ0n) is 15.4. The van der Waals surface area contributed by atoms with Gasteiger partial charge in [-0.1, -0.05) is 48.5 Å². The molecule has 0 heterocycles. The monoisotopic (exact) mass is 349 g/mol. The molecule has 0 bridgehead atoms. The Morgan fingerprint density at radius 2 is 1.58 bits per heavy atom. The van der Waals surface area contributed by atoms with Crippen LogP contribution >= 0.6 is 0 Å². The van der Waals surface area contributed by atoms with Gasteiger partial charge < -0.3 is 9.64 Å². The van der Waals surface area contributed by atoms with E-state index in [9.17, 15) is 9.59 Å². The van der Waals surface area contributed by atoms with Crippen molar-refractivity contribution in [3.05, 3.63) is 60.2 Å². The topological polar surface area (TPSA) is 46.6 Å². The van der Waals surface area contributed by atoms with Crippen molar-refractivity contribution in [3.8, 4) is 0 Å². The Kier molecular flexibility index (Phi) is 5.21. The molecule has 26 heavy (non-hydrogen) atoms. The molecule has 0 aliphatic carbocycles. The first-order valence-electron chi connectivity index (χ1n) is 8.90. The summed E-state index contributed by atoms with van der Waals surface area (Å²) in [7, 11) is 0. The Hall–Kier alpha value is -2.88. The molecule has 0 aliphatic heterocycles. The predicted molar refractivity (Wildman–Crippen MR) is 104 cm³/mol. The Balaban J connectivity index is 2.12. The van der Waals surface area contributed by atoms with E-state index in [1.165, 1.54) is 0 Å². The van der Waals surface area contributed by atoms with Crippen molar-refractivity contribution in [2.75, 3.05) is 13.2 Å². The minimum atomic E-state index is -0.389. The van der Waals surface area contributed by atoms with E-state index in [1.807, 2.05) is 62.4 Å². The van der Waals surface area contributed by atoms with E-state index in [4.69, 9.17) is 4.74 Å². The number of esters is 1. The van der Waals surface area contributed by atoms with Crippen LogP contribution in [-0.2, 0) is 9.53 Å². The summed E-state index contributed by atoms with van der Waals surface area (Å²) in [6.45, 7) is 5.82. The van der Waals surface area contributed by atoms with Crippen molar-refractivity contribution >= 4 is 33.4 Å². The average Bonchev–Trinajstić information content (AvgIpc) is 2.65. The largest absolute Gasteiger partial charge is 0.465 e. The van der Waals surface area contributed by atoms with Gasteiger partial charge in [-0.3, -0.25) is 9.59 Å². The fourth-order valence-electron chi connectivity index (χ4n) is 3.22. The Bertz CT molecular complexity index is 962.